The minimum Gasteiger partial charge on any atom is -0.548 e. The topological polar surface area (TPSA) is 500 Å². The molecule has 0 aromatic carbocycles. The van der Waals surface area contributed by atoms with Crippen LogP contribution in [0.25, 0.3) is 20.9 Å². The number of unbranched alkanes of at least 4 members (excludes halogenated alkanes) is 4. The summed E-state index contributed by atoms with van der Waals surface area (Å²) < 4.78 is 22.0. The Morgan fingerprint density at radius 1 is 0.724 bits per heavy atom. The number of aliphatic carboxylic acids is 3. The monoisotopic (exact) mass is 1510 g/mol. The number of methoxy groups -OCH3 is 3. The van der Waals surface area contributed by atoms with E-state index in [2.05, 4.69) is 95.7 Å². The van der Waals surface area contributed by atoms with Crippen LogP contribution in [0.2, 0.25) is 0 Å². The standard InChI is InChI=1S/C14H24N4O3.C12H20N4O4.C8H14N4O4.C6H12N4O2.C6H7NO4.C4H6.BH.Cu.U/c1-4-11-10-18(17-16-11)9-7-6-8-12(13(19)5-2)15-14(20)21-3;1-3-9-8-16(15-14-9)7-5-4-6-10(11(17)18)13-12(19)20-2;1-16-8(15)11-6(7(13)14)4-2-3-5-10-12-9;7-5(6(11)12)3-1-2-4-9-10-8;1-4(8)11-7-5(9)2-3-6(7)10;1-3-4-2;;;/h10,12H,4-9H2,1-3H3,(H,15,20);8,10H,3-7H2,1-2H3,(H,13,19)(H,17,18);6H,2-5H2,1H3,(H,11,15)(H,13,14);5H,1-4,7H2,(H,11,12);2-3H2,1H3;1H,4H2,2H3;1H;;/p-1/i;;;;;;1T;;. The Labute approximate surface area is 542 Å². The first-order valence-electron chi connectivity index (χ1n) is 27.4. The molecule has 0 aliphatic carbocycles. The number of azide groups is 2. The second kappa shape index (κ2) is 58.9. The molecule has 489 valence electrons. The Kier molecular flexibility index (Phi) is 59.8. The van der Waals surface area contributed by atoms with Crippen molar-refractivity contribution in [2.75, 3.05) is 34.4 Å². The molecule has 0 bridgehead atoms. The van der Waals surface area contributed by atoms with Crippen molar-refractivity contribution in [3.8, 4) is 12.3 Å². The van der Waals surface area contributed by atoms with Gasteiger partial charge in [-0.2, -0.15) is 0 Å². The van der Waals surface area contributed by atoms with Crippen molar-refractivity contribution in [3.63, 3.8) is 0 Å². The number of nitrogens with one attached hydrogen (secondary N) is 3. The number of Topliss-reactive ketones (excluding diaryl/α,β-unsaturated/α-hetero) is 1. The number of hydrogen-bond acceptors (Lipinski definition) is 22. The zero-order valence-corrected chi connectivity index (χ0v) is 55.6. The van der Waals surface area contributed by atoms with E-state index >= 15 is 0 Å². The van der Waals surface area contributed by atoms with Crippen LogP contribution in [0.3, 0.4) is 0 Å². The van der Waals surface area contributed by atoms with Gasteiger partial charge in [-0.15, -0.1) is 27.6 Å². The van der Waals surface area contributed by atoms with Crippen molar-refractivity contribution in [1.29, 1.82) is 1.34 Å². The quantitative estimate of drug-likeness (QED) is 0.0104. The minimum absolute atomic E-state index is 0. The van der Waals surface area contributed by atoms with E-state index in [0.29, 0.717) is 82.5 Å². The van der Waals surface area contributed by atoms with Crippen LogP contribution in [0.4, 0.5) is 14.4 Å². The van der Waals surface area contributed by atoms with Gasteiger partial charge in [0.2, 0.25) is 0 Å². The number of imide groups is 1. The van der Waals surface area contributed by atoms with Gasteiger partial charge in [0.25, 0.3) is 11.8 Å². The normalized spacial score (nSPS) is 11.8. The van der Waals surface area contributed by atoms with Gasteiger partial charge in [-0.1, -0.05) is 54.8 Å². The van der Waals surface area contributed by atoms with Crippen molar-refractivity contribution in [2.45, 2.75) is 187 Å². The first-order valence-corrected chi connectivity index (χ1v) is 26.8. The van der Waals surface area contributed by atoms with E-state index in [-0.39, 0.29) is 73.2 Å². The smallest absolute Gasteiger partial charge is 0.407 e. The SMILES string of the molecule is C#CCC.CC(=O)ON1C(=O)CCC1=O.CCC(=O)C(CCCCn1cc(CC)nn1)NC(=O)OC.CCc1cn(CCCCC(NC(=O)OC)C(=O)O)nn1.COC(=O)NC(CCCCN=[N+]=[N-])C(=O)[O-].[3H][B].[Cu].[N-]=[N+]=NCCCCC([NH3+])C(=O)[O-].[U]. The van der Waals surface area contributed by atoms with Crippen molar-refractivity contribution in [2.24, 2.45) is 10.2 Å². The minimum atomic E-state index is -1.37. The van der Waals surface area contributed by atoms with Crippen LogP contribution in [0.5, 0.6) is 0 Å². The summed E-state index contributed by atoms with van der Waals surface area (Å²) in [7, 11) is 7.38. The van der Waals surface area contributed by atoms with Crippen LogP contribution in [-0.4, -0.2) is 168 Å². The molecule has 1 fully saturated rings. The first kappa shape index (κ1) is 88.3. The van der Waals surface area contributed by atoms with E-state index < -0.39 is 78.1 Å². The van der Waals surface area contributed by atoms with Gasteiger partial charge >= 0.3 is 30.2 Å². The molecule has 87 heavy (non-hydrogen) atoms. The van der Waals surface area contributed by atoms with Crippen LogP contribution in [0, 0.1) is 43.5 Å². The second-order valence-electron chi connectivity index (χ2n) is 17.3. The van der Waals surface area contributed by atoms with E-state index in [1.165, 1.54) is 14.2 Å². The molecule has 4 unspecified atom stereocenters. The summed E-state index contributed by atoms with van der Waals surface area (Å²) in [6, 6.07) is -3.14. The fourth-order valence-electron chi connectivity index (χ4n) is 6.23. The first-order chi connectivity index (χ1) is 41.0. The van der Waals surface area contributed by atoms with Gasteiger partial charge in [0.05, 0.1) is 56.7 Å². The third kappa shape index (κ3) is 49.4. The molecule has 2 aromatic rings. The molecule has 34 nitrogen and oxygen atoms in total. The Morgan fingerprint density at radius 2 is 1.10 bits per heavy atom. The Balaban J connectivity index is -0.000000236. The zero-order chi connectivity index (χ0) is 66.3. The summed E-state index contributed by atoms with van der Waals surface area (Å²) in [5.74, 6) is -2.67. The van der Waals surface area contributed by atoms with Gasteiger partial charge in [-0.25, -0.2) is 24.0 Å². The molecule has 1 aliphatic rings. The zero-order valence-electron chi connectivity index (χ0n) is 51.5. The van der Waals surface area contributed by atoms with Crippen LogP contribution in [0.15, 0.2) is 22.6 Å². The van der Waals surface area contributed by atoms with E-state index in [1.54, 1.807) is 11.6 Å². The number of quaternary nitrogens is 1. The number of aryl methyl sites for hydroxylation is 4. The maximum atomic E-state index is 11.8. The number of ketones is 1. The average molecular weight is 1510 g/mol. The predicted molar refractivity (Wildman–Crippen MR) is 299 cm³/mol. The van der Waals surface area contributed by atoms with E-state index in [1.807, 2.05) is 37.8 Å². The predicted octanol–water partition coefficient (Wildman–Crippen LogP) is 1.30. The van der Waals surface area contributed by atoms with Gasteiger partial charge in [0, 0.05) is 144 Å². The molecule has 3 heterocycles. The summed E-state index contributed by atoms with van der Waals surface area (Å²) >= 11 is 0. The summed E-state index contributed by atoms with van der Waals surface area (Å²) in [5, 5.41) is 59.8. The number of hydroxylamine groups is 2. The maximum absolute atomic E-state index is 11.8. The van der Waals surface area contributed by atoms with Gasteiger partial charge in [-0.3, -0.25) is 23.7 Å². The van der Waals surface area contributed by atoms with E-state index in [9.17, 15) is 58.2 Å². The summed E-state index contributed by atoms with van der Waals surface area (Å²) in [5.41, 5.74) is 21.2. The van der Waals surface area contributed by atoms with Crippen LogP contribution in [-0.2, 0) is 95.6 Å². The number of carbonyl (C=O) groups excluding carboxylic acids is 9. The van der Waals surface area contributed by atoms with Crippen molar-refractivity contribution < 1.29 is 136 Å². The molecule has 5 amide bonds. The molecule has 4 atom stereocenters. The van der Waals surface area contributed by atoms with E-state index in [4.69, 9.17) is 23.9 Å². The van der Waals surface area contributed by atoms with Crippen molar-refractivity contribution >= 4 is 68.1 Å². The number of rotatable bonds is 31. The Bertz CT molecular complexity index is 2450. The Morgan fingerprint density at radius 3 is 1.44 bits per heavy atom. The number of carboxylic acid groups (broad SMARTS) is 3. The number of amides is 5. The second-order valence-corrected chi connectivity index (χ2v) is 17.3. The molecular weight excluding hydrogens is 1420 g/mol. The third-order valence-electron chi connectivity index (χ3n) is 10.9. The molecular formula is C50H83BCuN17O17U-. The van der Waals surface area contributed by atoms with Crippen LogP contribution >= 0.6 is 0 Å². The van der Waals surface area contributed by atoms with Gasteiger partial charge < -0.3 is 65.6 Å². The number of alkyl carbamates (subject to hydrolysis) is 3. The number of hydrogen-bond donors (Lipinski definition) is 5. The molecule has 37 heteroatoms. The summed E-state index contributed by atoms with van der Waals surface area (Å²) in [6.45, 7) is 11.1. The number of terminal acetylenes is 1. The molecule has 0 saturated carbocycles. The van der Waals surface area contributed by atoms with Crippen molar-refractivity contribution in [3.05, 3.63) is 44.7 Å². The molecule has 3 radical (unpaired) electrons. The molecule has 1 aliphatic heterocycles. The van der Waals surface area contributed by atoms with E-state index in [0.717, 1.165) is 70.5 Å². The van der Waals surface area contributed by atoms with Crippen molar-refractivity contribution in [1.82, 2.24) is 51.0 Å². The Hall–Kier alpha value is -7.44. The number of ether oxygens (including phenoxy) is 3. The molecule has 2 aromatic heterocycles. The number of nitrogens with zero attached hydrogens (tertiary/aromatic N) is 13. The van der Waals surface area contributed by atoms with Gasteiger partial charge in [0.1, 0.15) is 12.1 Å². The summed E-state index contributed by atoms with van der Waals surface area (Å²) in [6.07, 6.45) is 16.9. The number of carboxylic acids is 3. The largest absolute Gasteiger partial charge is 0.548 e. The number of aromatic nitrogens is 6. The summed E-state index contributed by atoms with van der Waals surface area (Å²) in [4.78, 5) is 118. The third-order valence-corrected chi connectivity index (χ3v) is 10.9. The fraction of sp³-hybridized carbons (Fsp3) is 0.680. The molecule has 7 N–H and O–H groups in total. The number of carbonyl (C=O) groups is 10. The average Bonchev–Trinajstić information content (AvgIpc) is 4.38. The van der Waals surface area contributed by atoms with Gasteiger partial charge in [0.15, 0.2) is 5.78 Å². The molecule has 3 rings (SSSR count). The van der Waals surface area contributed by atoms with Crippen LogP contribution in [0.1, 0.15) is 149 Å². The maximum Gasteiger partial charge on any atom is 0.407 e. The van der Waals surface area contributed by atoms with Gasteiger partial charge in [-0.05, 0) is 89.4 Å². The van der Waals surface area contributed by atoms with Crippen LogP contribution < -0.4 is 31.9 Å². The molecule has 0 spiro atoms. The molecule has 1 saturated heterocycles. The fourth-order valence-corrected chi connectivity index (χ4v) is 6.23.